The summed E-state index contributed by atoms with van der Waals surface area (Å²) in [5.74, 6) is 1.77. The topological polar surface area (TPSA) is 68.6 Å². The van der Waals surface area contributed by atoms with Crippen LogP contribution in [0.15, 0.2) is 12.3 Å². The summed E-state index contributed by atoms with van der Waals surface area (Å²) >= 11 is 1.19. The maximum atomic E-state index is 11.3. The van der Waals surface area contributed by atoms with E-state index in [4.69, 9.17) is 9.47 Å². The van der Waals surface area contributed by atoms with Crippen LogP contribution in [0.1, 0.15) is 0 Å². The average Bonchev–Trinajstić information content (AvgIpc) is 3.00. The van der Waals surface area contributed by atoms with Gasteiger partial charge in [0.25, 0.3) is 0 Å². The Kier molecular flexibility index (Phi) is 5.65. The summed E-state index contributed by atoms with van der Waals surface area (Å²) in [5, 5.41) is 4.32. The van der Waals surface area contributed by atoms with Crippen LogP contribution in [0.25, 0.3) is 0 Å². The number of ether oxygens (including phenoxy) is 2. The molecule has 1 amide bonds. The van der Waals surface area contributed by atoms with Crippen molar-refractivity contribution < 1.29 is 14.3 Å². The number of carbonyl (C=O) groups is 1. The van der Waals surface area contributed by atoms with Crippen LogP contribution >= 0.6 is 22.2 Å². The molecule has 1 aromatic heterocycles. The van der Waals surface area contributed by atoms with Gasteiger partial charge < -0.3 is 9.47 Å². The zero-order chi connectivity index (χ0) is 15.3. The number of aromatic nitrogens is 2. The number of cyclic esters (lactones) is 1. The van der Waals surface area contributed by atoms with Crippen molar-refractivity contribution in [2.24, 2.45) is 0 Å². The monoisotopic (exact) mass is 334 g/mol. The standard InChI is InChI=1S/C12H22N4O3S2/c1-21(2,3)9-8-18-10-15-5-4-11(13-15)14-20-16-6-7-19-12(16)17/h4-5H,6-10H2,1-3H3,(H,13,14). The van der Waals surface area contributed by atoms with Crippen molar-refractivity contribution in [2.45, 2.75) is 6.73 Å². The number of carbonyl (C=O) groups excluding carboxylic acids is 1. The zero-order valence-electron chi connectivity index (χ0n) is 12.6. The Morgan fingerprint density at radius 2 is 2.33 bits per heavy atom. The number of rotatable bonds is 8. The summed E-state index contributed by atoms with van der Waals surface area (Å²) in [5.41, 5.74) is 0. The quantitative estimate of drug-likeness (QED) is 0.579. The Balaban J connectivity index is 1.68. The molecule has 0 unspecified atom stereocenters. The van der Waals surface area contributed by atoms with Gasteiger partial charge in [0.15, 0.2) is 5.82 Å². The number of nitrogens with zero attached hydrogens (tertiary/aromatic N) is 3. The van der Waals surface area contributed by atoms with Crippen molar-refractivity contribution in [3.63, 3.8) is 0 Å². The van der Waals surface area contributed by atoms with Crippen LogP contribution in [0.5, 0.6) is 0 Å². The first-order valence-electron chi connectivity index (χ1n) is 6.58. The van der Waals surface area contributed by atoms with Gasteiger partial charge in [0.2, 0.25) is 0 Å². The van der Waals surface area contributed by atoms with Gasteiger partial charge in [-0.3, -0.25) is 4.72 Å². The highest BCUT2D eigenvalue weighted by atomic mass is 32.3. The van der Waals surface area contributed by atoms with Gasteiger partial charge in [-0.05, 0) is 18.8 Å². The third kappa shape index (κ3) is 5.68. The minimum atomic E-state index is -0.516. The van der Waals surface area contributed by atoms with E-state index in [-0.39, 0.29) is 6.09 Å². The van der Waals surface area contributed by atoms with Crippen LogP contribution in [0.4, 0.5) is 10.6 Å². The van der Waals surface area contributed by atoms with Crippen molar-refractivity contribution in [3.05, 3.63) is 12.3 Å². The van der Waals surface area contributed by atoms with Crippen molar-refractivity contribution in [1.82, 2.24) is 14.1 Å². The van der Waals surface area contributed by atoms with E-state index in [1.807, 2.05) is 12.3 Å². The second-order valence-corrected chi connectivity index (χ2v) is 10.9. The van der Waals surface area contributed by atoms with Gasteiger partial charge in [-0.15, -0.1) is 0 Å². The van der Waals surface area contributed by atoms with E-state index in [9.17, 15) is 4.79 Å². The summed E-state index contributed by atoms with van der Waals surface area (Å²) in [6, 6.07) is 1.84. The van der Waals surface area contributed by atoms with E-state index in [0.717, 1.165) is 12.4 Å². The second kappa shape index (κ2) is 7.28. The molecule has 1 saturated heterocycles. The van der Waals surface area contributed by atoms with Crippen LogP contribution in [-0.4, -0.2) is 64.5 Å². The van der Waals surface area contributed by atoms with Gasteiger partial charge in [-0.2, -0.15) is 5.10 Å². The molecule has 0 bridgehead atoms. The van der Waals surface area contributed by atoms with Gasteiger partial charge >= 0.3 is 6.09 Å². The molecular formula is C12H22N4O3S2. The van der Waals surface area contributed by atoms with Gasteiger partial charge in [0, 0.05) is 18.0 Å². The fourth-order valence-corrected chi connectivity index (χ4v) is 2.74. The highest BCUT2D eigenvalue weighted by molar-refractivity contribution is 8.32. The normalized spacial score (nSPS) is 16.1. The van der Waals surface area contributed by atoms with E-state index in [1.54, 1.807) is 4.68 Å². The lowest BCUT2D eigenvalue weighted by atomic mass is 10.7. The van der Waals surface area contributed by atoms with Crippen LogP contribution in [0.3, 0.4) is 0 Å². The number of anilines is 1. The number of amides is 1. The fraction of sp³-hybridized carbons (Fsp3) is 0.667. The Labute approximate surface area is 130 Å². The van der Waals surface area contributed by atoms with Crippen LogP contribution in [-0.2, 0) is 16.2 Å². The lowest BCUT2D eigenvalue weighted by molar-refractivity contribution is 0.0811. The summed E-state index contributed by atoms with van der Waals surface area (Å²) < 4.78 is 16.7. The molecule has 0 atom stereocenters. The van der Waals surface area contributed by atoms with E-state index < -0.39 is 10.0 Å². The smallest absolute Gasteiger partial charge is 0.421 e. The molecule has 0 spiro atoms. The predicted octanol–water partition coefficient (Wildman–Crippen LogP) is 1.98. The molecule has 1 fully saturated rings. The molecule has 0 radical (unpaired) electrons. The minimum Gasteiger partial charge on any atom is -0.447 e. The number of hydrogen-bond acceptors (Lipinski definition) is 6. The van der Waals surface area contributed by atoms with Crippen LogP contribution in [0.2, 0.25) is 0 Å². The van der Waals surface area contributed by atoms with Crippen LogP contribution < -0.4 is 4.72 Å². The molecule has 1 aliphatic heterocycles. The third-order valence-corrected chi connectivity index (χ3v) is 4.93. The first-order valence-corrected chi connectivity index (χ1v) is 10.4. The molecule has 0 aliphatic carbocycles. The predicted molar refractivity (Wildman–Crippen MR) is 87.7 cm³/mol. The van der Waals surface area contributed by atoms with E-state index in [2.05, 4.69) is 28.6 Å². The first-order chi connectivity index (χ1) is 9.94. The molecule has 9 heteroatoms. The summed E-state index contributed by atoms with van der Waals surface area (Å²) in [4.78, 5) is 11.3. The highest BCUT2D eigenvalue weighted by Crippen LogP contribution is 2.33. The van der Waals surface area contributed by atoms with Gasteiger partial charge in [-0.1, -0.05) is 0 Å². The molecule has 7 nitrogen and oxygen atoms in total. The molecule has 120 valence electrons. The maximum absolute atomic E-state index is 11.3. The first kappa shape index (κ1) is 16.3. The highest BCUT2D eigenvalue weighted by Gasteiger charge is 2.22. The number of hydrogen-bond donors (Lipinski definition) is 1. The van der Waals surface area contributed by atoms with Gasteiger partial charge in [0.05, 0.1) is 25.3 Å². The van der Waals surface area contributed by atoms with E-state index in [1.165, 1.54) is 16.4 Å². The fourth-order valence-electron chi connectivity index (χ4n) is 1.52. The summed E-state index contributed by atoms with van der Waals surface area (Å²) in [7, 11) is -0.516. The van der Waals surface area contributed by atoms with Crippen molar-refractivity contribution >= 4 is 34.1 Å². The van der Waals surface area contributed by atoms with E-state index >= 15 is 0 Å². The molecule has 2 heterocycles. The number of nitrogens with one attached hydrogen (secondary N) is 1. The molecule has 21 heavy (non-hydrogen) atoms. The Bertz CT molecular complexity index is 475. The van der Waals surface area contributed by atoms with Gasteiger partial charge in [-0.25, -0.2) is 23.8 Å². The van der Waals surface area contributed by atoms with Crippen molar-refractivity contribution in [3.8, 4) is 0 Å². The lowest BCUT2D eigenvalue weighted by Crippen LogP contribution is -2.17. The maximum Gasteiger partial charge on any atom is 0.421 e. The molecular weight excluding hydrogens is 312 g/mol. The molecule has 0 aromatic carbocycles. The molecule has 1 N–H and O–H groups in total. The minimum absolute atomic E-state index is 0.319. The second-order valence-electron chi connectivity index (χ2n) is 5.48. The van der Waals surface area contributed by atoms with Crippen molar-refractivity contribution in [2.75, 3.05) is 49.0 Å². The Morgan fingerprint density at radius 3 is 3.00 bits per heavy atom. The zero-order valence-corrected chi connectivity index (χ0v) is 14.2. The lowest BCUT2D eigenvalue weighted by Gasteiger charge is -2.24. The largest absolute Gasteiger partial charge is 0.447 e. The van der Waals surface area contributed by atoms with Crippen LogP contribution in [0, 0.1) is 0 Å². The Hall–Kier alpha value is -1.06. The average molecular weight is 334 g/mol. The van der Waals surface area contributed by atoms with E-state index in [0.29, 0.717) is 25.7 Å². The third-order valence-electron chi connectivity index (χ3n) is 2.69. The van der Waals surface area contributed by atoms with Gasteiger partial charge in [0.1, 0.15) is 13.3 Å². The Morgan fingerprint density at radius 1 is 1.52 bits per heavy atom. The molecule has 2 rings (SSSR count). The SMILES string of the molecule is CS(C)(C)CCOCn1ccc(NSN2CCOC2=O)n1. The van der Waals surface area contributed by atoms with Crippen molar-refractivity contribution in [1.29, 1.82) is 0 Å². The molecule has 1 aliphatic rings. The molecule has 0 saturated carbocycles. The molecule has 1 aromatic rings. The summed E-state index contributed by atoms with van der Waals surface area (Å²) in [6.45, 7) is 2.20. The summed E-state index contributed by atoms with van der Waals surface area (Å²) in [6.07, 6.45) is 8.34.